The van der Waals surface area contributed by atoms with Gasteiger partial charge in [-0.25, -0.2) is 0 Å². The number of fused-ring (bicyclic) bond motifs is 1. The predicted octanol–water partition coefficient (Wildman–Crippen LogP) is 2.18. The summed E-state index contributed by atoms with van der Waals surface area (Å²) in [4.78, 5) is 14.1. The Morgan fingerprint density at radius 2 is 2.32 bits per heavy atom. The number of hydrogen-bond donors (Lipinski definition) is 1. The highest BCUT2D eigenvalue weighted by molar-refractivity contribution is 5.99. The van der Waals surface area contributed by atoms with E-state index in [-0.39, 0.29) is 5.91 Å². The van der Waals surface area contributed by atoms with Crippen LogP contribution in [0.15, 0.2) is 18.2 Å². The molecule has 4 heteroatoms. The fourth-order valence-electron chi connectivity index (χ4n) is 2.94. The summed E-state index contributed by atoms with van der Waals surface area (Å²) in [5, 5.41) is 0. The van der Waals surface area contributed by atoms with Crippen LogP contribution in [0.25, 0.3) is 0 Å². The molecule has 2 heterocycles. The third kappa shape index (κ3) is 2.59. The number of carbonyl (C=O) groups excluding carboxylic acids is 1. The molecule has 1 aromatic rings. The van der Waals surface area contributed by atoms with Crippen molar-refractivity contribution in [2.75, 3.05) is 18.9 Å². The molecule has 1 atom stereocenters. The van der Waals surface area contributed by atoms with E-state index >= 15 is 0 Å². The van der Waals surface area contributed by atoms with Gasteiger partial charge in [-0.1, -0.05) is 6.07 Å². The summed E-state index contributed by atoms with van der Waals surface area (Å²) in [5.41, 5.74) is 8.26. The van der Waals surface area contributed by atoms with Gasteiger partial charge in [-0.2, -0.15) is 0 Å². The number of nitrogens with zero attached hydrogens (tertiary/aromatic N) is 1. The van der Waals surface area contributed by atoms with Crippen molar-refractivity contribution in [1.82, 2.24) is 4.90 Å². The summed E-state index contributed by atoms with van der Waals surface area (Å²) in [5.74, 6) is 0.120. The Labute approximate surface area is 113 Å². The van der Waals surface area contributed by atoms with Crippen molar-refractivity contribution < 1.29 is 9.53 Å². The van der Waals surface area contributed by atoms with Gasteiger partial charge in [0.05, 0.1) is 6.10 Å². The number of hydrogen-bond acceptors (Lipinski definition) is 3. The van der Waals surface area contributed by atoms with Crippen LogP contribution in [0, 0.1) is 0 Å². The van der Waals surface area contributed by atoms with Crippen LogP contribution >= 0.6 is 0 Å². The van der Waals surface area contributed by atoms with Crippen molar-refractivity contribution in [3.05, 3.63) is 29.3 Å². The molecule has 2 N–H and O–H groups in total. The minimum absolute atomic E-state index is 0.120. The van der Waals surface area contributed by atoms with Gasteiger partial charge in [0.15, 0.2) is 0 Å². The topological polar surface area (TPSA) is 55.6 Å². The third-order valence-electron chi connectivity index (χ3n) is 3.99. The summed E-state index contributed by atoms with van der Waals surface area (Å²) in [6.07, 6.45) is 4.83. The van der Waals surface area contributed by atoms with Crippen LogP contribution in [0.4, 0.5) is 5.69 Å². The highest BCUT2D eigenvalue weighted by Crippen LogP contribution is 2.25. The second-order valence-electron chi connectivity index (χ2n) is 5.42. The largest absolute Gasteiger partial charge is 0.399 e. The first-order valence-corrected chi connectivity index (χ1v) is 7.03. The number of carbonyl (C=O) groups is 1. The van der Waals surface area contributed by atoms with Crippen LogP contribution < -0.4 is 5.73 Å². The van der Waals surface area contributed by atoms with E-state index < -0.39 is 0 Å². The summed E-state index contributed by atoms with van der Waals surface area (Å²) in [6.45, 7) is 2.44. The molecule has 0 saturated carbocycles. The van der Waals surface area contributed by atoms with E-state index in [9.17, 15) is 4.79 Å². The SMILES string of the molecule is Nc1ccc2c(c1)C(=O)N(CCCC1CCCO1)C2. The number of nitrogens with two attached hydrogens (primary N) is 1. The number of ether oxygens (including phenoxy) is 1. The Morgan fingerprint density at radius 3 is 3.11 bits per heavy atom. The quantitative estimate of drug-likeness (QED) is 0.844. The number of nitrogen functional groups attached to an aromatic ring is 1. The maximum atomic E-state index is 12.2. The Hall–Kier alpha value is -1.55. The van der Waals surface area contributed by atoms with Crippen molar-refractivity contribution in [2.45, 2.75) is 38.3 Å². The molecule has 0 bridgehead atoms. The van der Waals surface area contributed by atoms with Gasteiger partial charge in [-0.05, 0) is 43.4 Å². The maximum absolute atomic E-state index is 12.2. The van der Waals surface area contributed by atoms with Gasteiger partial charge >= 0.3 is 0 Å². The lowest BCUT2D eigenvalue weighted by Crippen LogP contribution is -2.25. The van der Waals surface area contributed by atoms with E-state index in [1.165, 1.54) is 12.8 Å². The van der Waals surface area contributed by atoms with Crippen LogP contribution in [0.1, 0.15) is 41.6 Å². The van der Waals surface area contributed by atoms with E-state index in [4.69, 9.17) is 10.5 Å². The van der Waals surface area contributed by atoms with Gasteiger partial charge in [0.2, 0.25) is 0 Å². The van der Waals surface area contributed by atoms with E-state index in [1.807, 2.05) is 17.0 Å². The molecule has 0 spiro atoms. The molecule has 2 aliphatic heterocycles. The van der Waals surface area contributed by atoms with E-state index in [1.54, 1.807) is 6.07 Å². The van der Waals surface area contributed by atoms with Crippen LogP contribution in [-0.2, 0) is 11.3 Å². The van der Waals surface area contributed by atoms with Crippen LogP contribution in [0.5, 0.6) is 0 Å². The highest BCUT2D eigenvalue weighted by atomic mass is 16.5. The average Bonchev–Trinajstić information content (AvgIpc) is 3.00. The molecule has 102 valence electrons. The lowest BCUT2D eigenvalue weighted by atomic mass is 10.1. The van der Waals surface area contributed by atoms with Crippen molar-refractivity contribution >= 4 is 11.6 Å². The van der Waals surface area contributed by atoms with Crippen LogP contribution in [0.2, 0.25) is 0 Å². The Balaban J connectivity index is 1.55. The summed E-state index contributed by atoms with van der Waals surface area (Å²) < 4.78 is 5.60. The zero-order valence-electron chi connectivity index (χ0n) is 11.1. The Morgan fingerprint density at radius 1 is 1.42 bits per heavy atom. The average molecular weight is 260 g/mol. The van der Waals surface area contributed by atoms with Crippen LogP contribution in [-0.4, -0.2) is 30.1 Å². The van der Waals surface area contributed by atoms with E-state index in [2.05, 4.69) is 0 Å². The highest BCUT2D eigenvalue weighted by Gasteiger charge is 2.27. The minimum Gasteiger partial charge on any atom is -0.399 e. The molecule has 0 radical (unpaired) electrons. The normalized spacial score (nSPS) is 22.0. The Bertz CT molecular complexity index is 481. The van der Waals surface area contributed by atoms with Gasteiger partial charge in [0, 0.05) is 30.9 Å². The van der Waals surface area contributed by atoms with Crippen molar-refractivity contribution in [3.63, 3.8) is 0 Å². The number of anilines is 1. The van der Waals surface area contributed by atoms with Crippen molar-refractivity contribution in [2.24, 2.45) is 0 Å². The number of amides is 1. The summed E-state index contributed by atoms with van der Waals surface area (Å²) >= 11 is 0. The first-order valence-electron chi connectivity index (χ1n) is 7.03. The smallest absolute Gasteiger partial charge is 0.254 e. The second kappa shape index (κ2) is 5.21. The zero-order chi connectivity index (χ0) is 13.2. The van der Waals surface area contributed by atoms with Gasteiger partial charge in [-0.15, -0.1) is 0 Å². The summed E-state index contributed by atoms with van der Waals surface area (Å²) in [7, 11) is 0. The molecule has 4 nitrogen and oxygen atoms in total. The van der Waals surface area contributed by atoms with Crippen molar-refractivity contribution in [3.8, 4) is 0 Å². The summed E-state index contributed by atoms with van der Waals surface area (Å²) in [6, 6.07) is 5.61. The molecule has 1 fully saturated rings. The van der Waals surface area contributed by atoms with Crippen molar-refractivity contribution in [1.29, 1.82) is 0 Å². The van der Waals surface area contributed by atoms with Gasteiger partial charge in [0.25, 0.3) is 5.91 Å². The van der Waals surface area contributed by atoms with Gasteiger partial charge in [-0.3, -0.25) is 4.79 Å². The monoisotopic (exact) mass is 260 g/mol. The van der Waals surface area contributed by atoms with E-state index in [0.29, 0.717) is 11.8 Å². The van der Waals surface area contributed by atoms with Gasteiger partial charge < -0.3 is 15.4 Å². The first-order chi connectivity index (χ1) is 9.24. The fourth-order valence-corrected chi connectivity index (χ4v) is 2.94. The first kappa shape index (κ1) is 12.5. The molecule has 1 saturated heterocycles. The molecule has 3 rings (SSSR count). The minimum atomic E-state index is 0.120. The molecule has 1 unspecified atom stereocenters. The lowest BCUT2D eigenvalue weighted by Gasteiger charge is -2.16. The maximum Gasteiger partial charge on any atom is 0.254 e. The van der Waals surface area contributed by atoms with E-state index in [0.717, 1.165) is 43.7 Å². The molecule has 0 aromatic heterocycles. The third-order valence-corrected chi connectivity index (χ3v) is 3.99. The molecule has 0 aliphatic carbocycles. The number of benzene rings is 1. The number of rotatable bonds is 4. The predicted molar refractivity (Wildman–Crippen MR) is 73.8 cm³/mol. The fraction of sp³-hybridized carbons (Fsp3) is 0.533. The zero-order valence-corrected chi connectivity index (χ0v) is 11.1. The molecule has 2 aliphatic rings. The Kier molecular flexibility index (Phi) is 3.42. The molecule has 19 heavy (non-hydrogen) atoms. The second-order valence-corrected chi connectivity index (χ2v) is 5.42. The van der Waals surface area contributed by atoms with Gasteiger partial charge in [0.1, 0.15) is 0 Å². The molecule has 1 amide bonds. The standard InChI is InChI=1S/C15H20N2O2/c16-12-6-5-11-10-17(15(18)14(11)9-12)7-1-3-13-4-2-8-19-13/h5-6,9,13H,1-4,7-8,10,16H2. The molecular formula is C15H20N2O2. The van der Waals surface area contributed by atoms with Crippen LogP contribution in [0.3, 0.4) is 0 Å². The molecule has 1 aromatic carbocycles. The molecular weight excluding hydrogens is 240 g/mol. The lowest BCUT2D eigenvalue weighted by molar-refractivity contribution is 0.0743.